The molecule has 0 saturated carbocycles. The van der Waals surface area contributed by atoms with Crippen LogP contribution in [-0.2, 0) is 6.18 Å². The van der Waals surface area contributed by atoms with E-state index in [0.717, 1.165) is 6.07 Å². The monoisotopic (exact) mass is 1080 g/mol. The Morgan fingerprint density at radius 2 is 0.548 bits per heavy atom. The largest absolute Gasteiger partial charge is 0.418 e. The van der Waals surface area contributed by atoms with Crippen molar-refractivity contribution in [3.63, 3.8) is 0 Å². The molecule has 386 valence electrons. The maximum absolute atomic E-state index is 16.9. The number of nitrogens with zero attached hydrogens (tertiary/aromatic N) is 11. The van der Waals surface area contributed by atoms with Gasteiger partial charge in [-0.25, -0.2) is 0 Å². The molecule has 0 bridgehead atoms. The summed E-state index contributed by atoms with van der Waals surface area (Å²) in [6.07, 6.45) is -5.10. The highest BCUT2D eigenvalue weighted by molar-refractivity contribution is 6.13. The van der Waals surface area contributed by atoms with Crippen molar-refractivity contribution < 1.29 is 13.2 Å². The second-order valence-corrected chi connectivity index (χ2v) is 19.8. The minimum atomic E-state index is -5.10. The van der Waals surface area contributed by atoms with Gasteiger partial charge in [-0.15, -0.1) is 0 Å². The van der Waals surface area contributed by atoms with Crippen LogP contribution in [0.25, 0.3) is 111 Å². The molecule has 0 aliphatic heterocycles. The van der Waals surface area contributed by atoms with E-state index in [1.54, 1.807) is 138 Å². The van der Waals surface area contributed by atoms with Gasteiger partial charge in [0.2, 0.25) is 0 Å². The number of alkyl halides is 3. The van der Waals surface area contributed by atoms with Crippen LogP contribution in [0, 0.1) is 102 Å². The van der Waals surface area contributed by atoms with Gasteiger partial charge >= 0.3 is 6.18 Å². The highest BCUT2D eigenvalue weighted by atomic mass is 19.4. The zero-order chi connectivity index (χ0) is 58.6. The number of fused-ring (bicyclic) bond motifs is 6. The molecule has 14 heteroatoms. The maximum atomic E-state index is 16.9. The minimum absolute atomic E-state index is 0.0271. The van der Waals surface area contributed by atoms with E-state index in [0.29, 0.717) is 93.7 Å². The quantitative estimate of drug-likeness (QED) is 0.148. The topological polar surface area (TPSA) is 224 Å². The Kier molecular flexibility index (Phi) is 12.5. The fourth-order valence-corrected chi connectivity index (χ4v) is 11.1. The first-order chi connectivity index (χ1) is 40.8. The first-order valence-electron chi connectivity index (χ1n) is 25.5. The van der Waals surface area contributed by atoms with Crippen LogP contribution in [0.5, 0.6) is 0 Å². The van der Waals surface area contributed by atoms with Crippen LogP contribution in [0.2, 0.25) is 0 Å². The maximum Gasteiger partial charge on any atom is 0.418 e. The molecule has 0 saturated heterocycles. The van der Waals surface area contributed by atoms with Crippen molar-refractivity contribution >= 4 is 43.6 Å². The van der Waals surface area contributed by atoms with Crippen LogP contribution in [0.3, 0.4) is 0 Å². The van der Waals surface area contributed by atoms with Crippen molar-refractivity contribution in [3.05, 3.63) is 238 Å². The van der Waals surface area contributed by atoms with Gasteiger partial charge in [-0.05, 0) is 171 Å². The molecule has 84 heavy (non-hydrogen) atoms. The lowest BCUT2D eigenvalue weighted by atomic mass is 9.96. The fraction of sp³-hybridized carbons (Fsp3) is 0.0143. The summed E-state index contributed by atoms with van der Waals surface area (Å²) in [7, 11) is 0. The van der Waals surface area contributed by atoms with Gasteiger partial charge in [-0.2, -0.15) is 60.5 Å². The normalized spacial score (nSPS) is 10.9. The summed E-state index contributed by atoms with van der Waals surface area (Å²) in [5.41, 5.74) is 6.41. The van der Waals surface area contributed by atoms with Crippen LogP contribution in [-0.4, -0.2) is 9.13 Å². The predicted octanol–water partition coefficient (Wildman–Crippen LogP) is 16.1. The summed E-state index contributed by atoms with van der Waals surface area (Å²) < 4.78 is 54.0. The van der Waals surface area contributed by atoms with Gasteiger partial charge in [0, 0.05) is 27.1 Å². The summed E-state index contributed by atoms with van der Waals surface area (Å²) in [4.78, 5) is 0. The molecular formula is C70H30F3N11. The molecular weight excluding hydrogens is 1050 g/mol. The Bertz CT molecular complexity index is 4930. The van der Waals surface area contributed by atoms with E-state index < -0.39 is 11.7 Å². The Morgan fingerprint density at radius 3 is 0.833 bits per heavy atom. The van der Waals surface area contributed by atoms with E-state index in [9.17, 15) is 47.4 Å². The molecule has 0 atom stereocenters. The smallest absolute Gasteiger partial charge is 0.309 e. The van der Waals surface area contributed by atoms with Crippen molar-refractivity contribution in [1.82, 2.24) is 9.13 Å². The summed E-state index contributed by atoms with van der Waals surface area (Å²) in [6, 6.07) is 67.8. The zero-order valence-corrected chi connectivity index (χ0v) is 43.4. The molecule has 0 N–H and O–H groups in total. The number of rotatable bonds is 7. The lowest BCUT2D eigenvalue weighted by Gasteiger charge is -2.22. The molecule has 12 rings (SSSR count). The third-order valence-electron chi connectivity index (χ3n) is 14.8. The molecule has 10 aromatic carbocycles. The van der Waals surface area contributed by atoms with Crippen molar-refractivity contribution in [2.45, 2.75) is 6.18 Å². The predicted molar refractivity (Wildman–Crippen MR) is 310 cm³/mol. The van der Waals surface area contributed by atoms with Crippen molar-refractivity contribution in [2.75, 3.05) is 0 Å². The van der Waals surface area contributed by atoms with Crippen LogP contribution in [0.1, 0.15) is 55.6 Å². The van der Waals surface area contributed by atoms with E-state index in [4.69, 9.17) is 0 Å². The lowest BCUT2D eigenvalue weighted by molar-refractivity contribution is -0.137. The van der Waals surface area contributed by atoms with Crippen LogP contribution in [0.15, 0.2) is 182 Å². The highest BCUT2D eigenvalue weighted by Crippen LogP contribution is 2.47. The number of hydrogen-bond acceptors (Lipinski definition) is 9. The first kappa shape index (κ1) is 51.7. The average molecular weight is 1080 g/mol. The molecule has 0 radical (unpaired) electrons. The van der Waals surface area contributed by atoms with Crippen LogP contribution in [0.4, 0.5) is 13.2 Å². The van der Waals surface area contributed by atoms with Gasteiger partial charge in [0.15, 0.2) is 0 Å². The Hall–Kier alpha value is -13.0. The van der Waals surface area contributed by atoms with E-state index >= 15 is 13.2 Å². The molecule has 0 aliphatic rings. The number of aromatic nitrogens is 2. The van der Waals surface area contributed by atoms with E-state index in [1.807, 2.05) is 12.1 Å². The molecule has 11 nitrogen and oxygen atoms in total. The van der Waals surface area contributed by atoms with Crippen molar-refractivity contribution in [2.24, 2.45) is 0 Å². The molecule has 2 aromatic heterocycles. The van der Waals surface area contributed by atoms with Crippen molar-refractivity contribution in [3.8, 4) is 122 Å². The summed E-state index contributed by atoms with van der Waals surface area (Å²) >= 11 is 0. The van der Waals surface area contributed by atoms with Gasteiger partial charge in [0.25, 0.3) is 0 Å². The fourth-order valence-electron chi connectivity index (χ4n) is 11.1. The third-order valence-corrected chi connectivity index (χ3v) is 14.8. The molecule has 2 heterocycles. The van der Waals surface area contributed by atoms with Crippen LogP contribution >= 0.6 is 0 Å². The van der Waals surface area contributed by atoms with E-state index in [1.165, 1.54) is 34.9 Å². The molecule has 0 spiro atoms. The van der Waals surface area contributed by atoms with Crippen molar-refractivity contribution in [1.29, 1.82) is 47.4 Å². The van der Waals surface area contributed by atoms with Gasteiger partial charge in [-0.3, -0.25) is 0 Å². The molecule has 12 aromatic rings. The summed E-state index contributed by atoms with van der Waals surface area (Å²) in [5.74, 6) is 0. The van der Waals surface area contributed by atoms with Gasteiger partial charge in [-0.1, -0.05) is 60.7 Å². The average Bonchev–Trinajstić information content (AvgIpc) is 2.41. The van der Waals surface area contributed by atoms with Gasteiger partial charge in [0.1, 0.15) is 0 Å². The molecule has 0 aliphatic carbocycles. The lowest BCUT2D eigenvalue weighted by Crippen LogP contribution is -2.13. The summed E-state index contributed by atoms with van der Waals surface area (Å²) in [6.45, 7) is 0. The highest BCUT2D eigenvalue weighted by Gasteiger charge is 2.37. The van der Waals surface area contributed by atoms with Gasteiger partial charge < -0.3 is 9.13 Å². The number of benzene rings is 10. The molecule has 0 amide bonds. The molecule has 0 fully saturated rings. The number of nitriles is 9. The second kappa shape index (κ2) is 20.3. The Labute approximate surface area is 476 Å². The second-order valence-electron chi connectivity index (χ2n) is 19.8. The Balaban J connectivity index is 1.24. The van der Waals surface area contributed by atoms with Gasteiger partial charge in [0.05, 0.1) is 144 Å². The van der Waals surface area contributed by atoms with Crippen LogP contribution < -0.4 is 0 Å². The minimum Gasteiger partial charge on any atom is -0.309 e. The zero-order valence-electron chi connectivity index (χ0n) is 43.4. The number of halogens is 3. The standard InChI is InChI=1S/C70H30F3N11/c71-70(72,73)63-30-68(83-64-25-49(54-17-41(32-75)12-42(18-54)33-76)4-8-58(64)59-9-5-50(26-65(59)83)55-19-43(34-77)13-44(20-55)35-78)62(53-3-1-2-40(16-53)31-74)29-69(63)84-66-27-51(56-21-45(36-79)14-46(22-56)37-80)6-10-60(66)61-11-7-52(28-67(61)84)57-23-47(38-81)15-48(24-57)39-82/h1-30H. The van der Waals surface area contributed by atoms with E-state index in [2.05, 4.69) is 54.6 Å². The Morgan fingerprint density at radius 1 is 0.262 bits per heavy atom. The number of hydrogen-bond donors (Lipinski definition) is 0. The third kappa shape index (κ3) is 8.93. The summed E-state index contributed by atoms with van der Waals surface area (Å²) in [5, 5.41) is 92.6. The first-order valence-corrected chi connectivity index (χ1v) is 25.5. The van der Waals surface area contributed by atoms with E-state index in [-0.39, 0.29) is 67.0 Å². The SMILES string of the molecule is N#Cc1cc(C#N)cc(-c2ccc3c4ccc(-c5cc(C#N)cc(C#N)c5)cc4n(-c4cc(C(F)(F)F)c(-n5c6cc(-c7cc(C#N)cc(C#N)c7)ccc6c6ccc(-c7cc(C#N)cc(C#N)c7)cc65)cc4-c4cccc(C#N)c4)c3c2)c1. The molecule has 0 unspecified atom stereocenters.